The van der Waals surface area contributed by atoms with Gasteiger partial charge in [-0.05, 0) is 43.9 Å². The molecule has 4 heteroatoms. The predicted molar refractivity (Wildman–Crippen MR) is 83.7 cm³/mol. The summed E-state index contributed by atoms with van der Waals surface area (Å²) in [6.45, 7) is 5.02. The summed E-state index contributed by atoms with van der Waals surface area (Å²) in [5.41, 5.74) is 3.51. The number of ether oxygens (including phenoxy) is 1. The molecule has 4 nitrogen and oxygen atoms in total. The maximum atomic E-state index is 6.07. The molecule has 0 saturated heterocycles. The fourth-order valence-electron chi connectivity index (χ4n) is 2.45. The van der Waals surface area contributed by atoms with Crippen molar-refractivity contribution in [2.75, 3.05) is 0 Å². The topological polar surface area (TPSA) is 39.1 Å². The van der Waals surface area contributed by atoms with E-state index in [4.69, 9.17) is 4.74 Å². The van der Waals surface area contributed by atoms with Crippen molar-refractivity contribution in [3.63, 3.8) is 0 Å². The summed E-state index contributed by atoms with van der Waals surface area (Å²) >= 11 is 0. The number of hydrogen-bond donors (Lipinski definition) is 1. The van der Waals surface area contributed by atoms with E-state index < -0.39 is 0 Å². The Bertz CT molecular complexity index is 612. The van der Waals surface area contributed by atoms with Gasteiger partial charge in [0.05, 0.1) is 11.3 Å². The summed E-state index contributed by atoms with van der Waals surface area (Å²) in [6.07, 6.45) is 3.61. The third-order valence-corrected chi connectivity index (χ3v) is 3.98. The number of rotatable bonds is 6. The molecule has 0 atom stereocenters. The lowest BCUT2D eigenvalue weighted by Gasteiger charge is -2.10. The van der Waals surface area contributed by atoms with Crippen molar-refractivity contribution in [2.24, 2.45) is 7.05 Å². The van der Waals surface area contributed by atoms with Crippen LogP contribution < -0.4 is 10.1 Å². The summed E-state index contributed by atoms with van der Waals surface area (Å²) in [7, 11) is 1.93. The molecule has 1 aliphatic carbocycles. The van der Waals surface area contributed by atoms with E-state index in [9.17, 15) is 0 Å². The lowest BCUT2D eigenvalue weighted by atomic mass is 10.2. The number of aromatic nitrogens is 2. The summed E-state index contributed by atoms with van der Waals surface area (Å²) in [4.78, 5) is 0. The molecule has 3 rings (SSSR count). The highest BCUT2D eigenvalue weighted by Gasteiger charge is 2.23. The van der Waals surface area contributed by atoms with E-state index in [-0.39, 0.29) is 0 Å². The van der Waals surface area contributed by atoms with Gasteiger partial charge in [-0.25, -0.2) is 4.68 Å². The molecule has 0 bridgehead atoms. The molecule has 0 unspecified atom stereocenters. The summed E-state index contributed by atoms with van der Waals surface area (Å²) < 4.78 is 7.90. The normalized spacial score (nSPS) is 14.4. The molecule has 1 saturated carbocycles. The first-order valence-corrected chi connectivity index (χ1v) is 7.70. The molecule has 112 valence electrons. The average Bonchev–Trinajstić information content (AvgIpc) is 3.27. The van der Waals surface area contributed by atoms with Gasteiger partial charge in [-0.15, -0.1) is 0 Å². The second-order valence-corrected chi connectivity index (χ2v) is 5.75. The quantitative estimate of drug-likeness (QED) is 0.885. The Kier molecular flexibility index (Phi) is 3.97. The van der Waals surface area contributed by atoms with Crippen molar-refractivity contribution in [3.8, 4) is 11.6 Å². The molecule has 0 amide bonds. The minimum Gasteiger partial charge on any atom is -0.439 e. The van der Waals surface area contributed by atoms with Crippen LogP contribution in [0.15, 0.2) is 24.3 Å². The van der Waals surface area contributed by atoms with Crippen molar-refractivity contribution in [2.45, 2.75) is 45.7 Å². The molecular weight excluding hydrogens is 262 g/mol. The van der Waals surface area contributed by atoms with Crippen molar-refractivity contribution in [3.05, 3.63) is 41.1 Å². The Morgan fingerprint density at radius 1 is 1.29 bits per heavy atom. The van der Waals surface area contributed by atoms with E-state index in [0.29, 0.717) is 6.04 Å². The second-order valence-electron chi connectivity index (χ2n) is 5.75. The summed E-state index contributed by atoms with van der Waals surface area (Å²) in [6, 6.07) is 8.96. The zero-order valence-corrected chi connectivity index (χ0v) is 13.0. The number of nitrogens with one attached hydrogen (secondary N) is 1. The van der Waals surface area contributed by atoms with Gasteiger partial charge < -0.3 is 10.1 Å². The van der Waals surface area contributed by atoms with Gasteiger partial charge in [-0.2, -0.15) is 5.10 Å². The number of hydrogen-bond acceptors (Lipinski definition) is 3. The Morgan fingerprint density at radius 3 is 2.62 bits per heavy atom. The largest absolute Gasteiger partial charge is 0.439 e. The van der Waals surface area contributed by atoms with Gasteiger partial charge >= 0.3 is 0 Å². The maximum Gasteiger partial charge on any atom is 0.222 e. The van der Waals surface area contributed by atoms with E-state index >= 15 is 0 Å². The van der Waals surface area contributed by atoms with Crippen LogP contribution in [0.3, 0.4) is 0 Å². The molecule has 0 spiro atoms. The third-order valence-electron chi connectivity index (χ3n) is 3.98. The van der Waals surface area contributed by atoms with Gasteiger partial charge in [0.1, 0.15) is 5.75 Å². The van der Waals surface area contributed by atoms with Crippen LogP contribution >= 0.6 is 0 Å². The van der Waals surface area contributed by atoms with Crippen LogP contribution in [-0.2, 0) is 20.0 Å². The molecule has 1 aromatic heterocycles. The van der Waals surface area contributed by atoms with Crippen LogP contribution in [0.25, 0.3) is 0 Å². The van der Waals surface area contributed by atoms with E-state index in [0.717, 1.165) is 35.9 Å². The monoisotopic (exact) mass is 285 g/mol. The highest BCUT2D eigenvalue weighted by molar-refractivity contribution is 5.36. The van der Waals surface area contributed by atoms with Gasteiger partial charge in [0, 0.05) is 19.6 Å². The lowest BCUT2D eigenvalue weighted by Crippen LogP contribution is -2.16. The first-order valence-electron chi connectivity index (χ1n) is 7.70. The molecule has 1 aliphatic rings. The third kappa shape index (κ3) is 3.27. The number of benzene rings is 1. The molecule has 1 heterocycles. The predicted octanol–water partition coefficient (Wildman–Crippen LogP) is 3.34. The zero-order valence-electron chi connectivity index (χ0n) is 13.0. The molecule has 1 N–H and O–H groups in total. The van der Waals surface area contributed by atoms with Crippen molar-refractivity contribution < 1.29 is 4.74 Å². The van der Waals surface area contributed by atoms with Crippen LogP contribution in [0.1, 0.15) is 36.6 Å². The van der Waals surface area contributed by atoms with E-state index in [2.05, 4.69) is 29.5 Å². The van der Waals surface area contributed by atoms with Gasteiger partial charge in [-0.1, -0.05) is 19.1 Å². The molecule has 0 aliphatic heterocycles. The first-order chi connectivity index (χ1) is 10.2. The Balaban J connectivity index is 1.78. The summed E-state index contributed by atoms with van der Waals surface area (Å²) in [5.74, 6) is 1.70. The van der Waals surface area contributed by atoms with Gasteiger partial charge in [0.2, 0.25) is 5.88 Å². The van der Waals surface area contributed by atoms with Crippen LogP contribution in [-0.4, -0.2) is 15.8 Å². The molecular formula is C17H23N3O. The van der Waals surface area contributed by atoms with Crippen LogP contribution in [0.4, 0.5) is 0 Å². The van der Waals surface area contributed by atoms with Crippen LogP contribution in [0.2, 0.25) is 0 Å². The van der Waals surface area contributed by atoms with Crippen LogP contribution in [0.5, 0.6) is 11.6 Å². The van der Waals surface area contributed by atoms with E-state index in [1.54, 1.807) is 0 Å². The highest BCUT2D eigenvalue weighted by Crippen LogP contribution is 2.28. The van der Waals surface area contributed by atoms with Gasteiger partial charge in [0.25, 0.3) is 0 Å². The maximum absolute atomic E-state index is 6.07. The zero-order chi connectivity index (χ0) is 14.8. The van der Waals surface area contributed by atoms with Crippen molar-refractivity contribution in [1.29, 1.82) is 0 Å². The van der Waals surface area contributed by atoms with Gasteiger partial charge in [0.15, 0.2) is 0 Å². The van der Waals surface area contributed by atoms with Crippen LogP contribution in [0, 0.1) is 6.92 Å². The van der Waals surface area contributed by atoms with E-state index in [1.165, 1.54) is 18.4 Å². The average molecular weight is 285 g/mol. The number of nitrogens with zero attached hydrogens (tertiary/aromatic N) is 2. The smallest absolute Gasteiger partial charge is 0.222 e. The Hall–Kier alpha value is -1.81. The Morgan fingerprint density at radius 2 is 2.00 bits per heavy atom. The Labute approximate surface area is 126 Å². The van der Waals surface area contributed by atoms with Crippen molar-refractivity contribution >= 4 is 0 Å². The standard InChI is InChI=1S/C17H23N3O/c1-4-13-5-9-15(10-6-13)21-17-16(11-18-14-7-8-14)12(2)19-20(17)3/h5-6,9-10,14,18H,4,7-8,11H2,1-3H3. The molecule has 0 radical (unpaired) electrons. The molecule has 1 aromatic carbocycles. The highest BCUT2D eigenvalue weighted by atomic mass is 16.5. The fourth-order valence-corrected chi connectivity index (χ4v) is 2.45. The molecule has 2 aromatic rings. The summed E-state index contributed by atoms with van der Waals surface area (Å²) in [5, 5.41) is 8.03. The second kappa shape index (κ2) is 5.90. The van der Waals surface area contributed by atoms with Crippen molar-refractivity contribution in [1.82, 2.24) is 15.1 Å². The molecule has 1 fully saturated rings. The van der Waals surface area contributed by atoms with E-state index in [1.807, 2.05) is 30.8 Å². The lowest BCUT2D eigenvalue weighted by molar-refractivity contribution is 0.423. The minimum atomic E-state index is 0.682. The SMILES string of the molecule is CCc1ccc(Oc2c(CNC3CC3)c(C)nn2C)cc1. The van der Waals surface area contributed by atoms with Gasteiger partial charge in [-0.3, -0.25) is 0 Å². The fraction of sp³-hybridized carbons (Fsp3) is 0.471. The minimum absolute atomic E-state index is 0.682. The first kappa shape index (κ1) is 14.1. The molecule has 21 heavy (non-hydrogen) atoms. The number of aryl methyl sites for hydroxylation is 3.